The smallest absolute Gasteiger partial charge is 0.308 e. The first-order chi connectivity index (χ1) is 9.58. The van der Waals surface area contributed by atoms with E-state index in [-0.39, 0.29) is 5.91 Å². The Balaban J connectivity index is 1.80. The van der Waals surface area contributed by atoms with Gasteiger partial charge in [0, 0.05) is 26.1 Å². The van der Waals surface area contributed by atoms with E-state index in [1.165, 1.54) is 0 Å². The molecule has 2 heterocycles. The van der Waals surface area contributed by atoms with Crippen LogP contribution in [0.15, 0.2) is 6.20 Å². The lowest BCUT2D eigenvalue weighted by Crippen LogP contribution is -2.42. The molecular weight excluding hydrogens is 258 g/mol. The number of carbonyl (C=O) groups excluding carboxylic acids is 1. The molecule has 0 spiro atoms. The zero-order valence-electron chi connectivity index (χ0n) is 11.6. The van der Waals surface area contributed by atoms with E-state index in [0.29, 0.717) is 31.0 Å². The molecule has 3 rings (SSSR count). The van der Waals surface area contributed by atoms with E-state index >= 15 is 0 Å². The van der Waals surface area contributed by atoms with Gasteiger partial charge in [0.05, 0.1) is 23.4 Å². The van der Waals surface area contributed by atoms with Gasteiger partial charge in [-0.3, -0.25) is 14.3 Å². The SMILES string of the molecule is Cn1ncc(C(=O)N2CCC[C@H](C(=O)O)C2)c1C1CC1. The Morgan fingerprint density at radius 3 is 2.75 bits per heavy atom. The molecule has 1 N–H and O–H groups in total. The Labute approximate surface area is 117 Å². The quantitative estimate of drug-likeness (QED) is 0.901. The first kappa shape index (κ1) is 13.1. The first-order valence-corrected chi connectivity index (χ1v) is 7.12. The molecule has 0 unspecified atom stereocenters. The number of carboxylic acids is 1. The van der Waals surface area contributed by atoms with E-state index in [4.69, 9.17) is 5.11 Å². The summed E-state index contributed by atoms with van der Waals surface area (Å²) in [5, 5.41) is 13.3. The first-order valence-electron chi connectivity index (χ1n) is 7.12. The Bertz CT molecular complexity index is 548. The molecule has 2 fully saturated rings. The minimum atomic E-state index is -0.809. The number of aliphatic carboxylic acids is 1. The number of hydrogen-bond acceptors (Lipinski definition) is 3. The zero-order chi connectivity index (χ0) is 14.3. The zero-order valence-corrected chi connectivity index (χ0v) is 11.6. The fourth-order valence-electron chi connectivity index (χ4n) is 2.99. The van der Waals surface area contributed by atoms with Gasteiger partial charge >= 0.3 is 5.97 Å². The van der Waals surface area contributed by atoms with Crippen LogP contribution >= 0.6 is 0 Å². The van der Waals surface area contributed by atoms with Crippen molar-refractivity contribution in [1.82, 2.24) is 14.7 Å². The summed E-state index contributed by atoms with van der Waals surface area (Å²) in [5.74, 6) is -0.864. The fourth-order valence-corrected chi connectivity index (χ4v) is 2.99. The third-order valence-corrected chi connectivity index (χ3v) is 4.24. The standard InChI is InChI=1S/C14H19N3O3/c1-16-12(9-4-5-9)11(7-15-16)13(18)17-6-2-3-10(8-17)14(19)20/h7,9-10H,2-6,8H2,1H3,(H,19,20)/t10-/m0/s1. The van der Waals surface area contributed by atoms with Gasteiger partial charge < -0.3 is 10.0 Å². The van der Waals surface area contributed by atoms with Crippen molar-refractivity contribution < 1.29 is 14.7 Å². The van der Waals surface area contributed by atoms with Gasteiger partial charge in [0.15, 0.2) is 0 Å². The molecule has 6 nitrogen and oxygen atoms in total. The normalized spacial score (nSPS) is 22.9. The second kappa shape index (κ2) is 4.92. The predicted octanol–water partition coefficient (Wildman–Crippen LogP) is 1.23. The van der Waals surface area contributed by atoms with Crippen molar-refractivity contribution in [3.05, 3.63) is 17.5 Å². The van der Waals surface area contributed by atoms with Crippen LogP contribution in [-0.4, -0.2) is 44.8 Å². The van der Waals surface area contributed by atoms with Gasteiger partial charge in [0.2, 0.25) is 0 Å². The van der Waals surface area contributed by atoms with Gasteiger partial charge in [-0.2, -0.15) is 5.10 Å². The molecule has 0 radical (unpaired) electrons. The lowest BCUT2D eigenvalue weighted by Gasteiger charge is -2.30. The van der Waals surface area contributed by atoms with Crippen LogP contribution in [0.3, 0.4) is 0 Å². The van der Waals surface area contributed by atoms with Gasteiger partial charge in [-0.1, -0.05) is 0 Å². The molecule has 1 saturated heterocycles. The van der Waals surface area contributed by atoms with Crippen LogP contribution in [0.2, 0.25) is 0 Å². The molecule has 1 amide bonds. The van der Waals surface area contributed by atoms with Crippen molar-refractivity contribution in [3.63, 3.8) is 0 Å². The van der Waals surface area contributed by atoms with Crippen molar-refractivity contribution >= 4 is 11.9 Å². The molecule has 1 aliphatic heterocycles. The van der Waals surface area contributed by atoms with Crippen LogP contribution in [-0.2, 0) is 11.8 Å². The molecule has 1 aromatic heterocycles. The summed E-state index contributed by atoms with van der Waals surface area (Å²) in [4.78, 5) is 25.4. The van der Waals surface area contributed by atoms with Crippen LogP contribution in [0.25, 0.3) is 0 Å². The Hall–Kier alpha value is -1.85. The van der Waals surface area contributed by atoms with E-state index in [1.54, 1.807) is 15.8 Å². The summed E-state index contributed by atoms with van der Waals surface area (Å²) in [6.07, 6.45) is 5.25. The van der Waals surface area contributed by atoms with E-state index < -0.39 is 11.9 Å². The van der Waals surface area contributed by atoms with Gasteiger partial charge in [-0.15, -0.1) is 0 Å². The average Bonchev–Trinajstić information content (AvgIpc) is 3.21. The maximum atomic E-state index is 12.6. The van der Waals surface area contributed by atoms with Crippen LogP contribution in [0.5, 0.6) is 0 Å². The van der Waals surface area contributed by atoms with E-state index in [0.717, 1.165) is 25.0 Å². The molecule has 1 aromatic rings. The predicted molar refractivity (Wildman–Crippen MR) is 71.4 cm³/mol. The number of carboxylic acid groups (broad SMARTS) is 1. The number of amides is 1. The lowest BCUT2D eigenvalue weighted by molar-refractivity contribution is -0.143. The summed E-state index contributed by atoms with van der Waals surface area (Å²) in [7, 11) is 1.86. The number of aryl methyl sites for hydroxylation is 1. The summed E-state index contributed by atoms with van der Waals surface area (Å²) in [6, 6.07) is 0. The van der Waals surface area contributed by atoms with Crippen LogP contribution in [0.4, 0.5) is 0 Å². The molecule has 1 atom stereocenters. The van der Waals surface area contributed by atoms with Crippen molar-refractivity contribution in [2.75, 3.05) is 13.1 Å². The highest BCUT2D eigenvalue weighted by Crippen LogP contribution is 2.41. The van der Waals surface area contributed by atoms with Crippen molar-refractivity contribution in [2.24, 2.45) is 13.0 Å². The molecule has 1 aliphatic carbocycles. The minimum absolute atomic E-state index is 0.0639. The Kier molecular flexibility index (Phi) is 3.23. The molecule has 6 heteroatoms. The second-order valence-corrected chi connectivity index (χ2v) is 5.77. The molecular formula is C14H19N3O3. The third-order valence-electron chi connectivity index (χ3n) is 4.24. The third kappa shape index (κ3) is 2.30. The molecule has 0 aromatic carbocycles. The number of likely N-dealkylation sites (tertiary alicyclic amines) is 1. The van der Waals surface area contributed by atoms with Crippen molar-refractivity contribution in [1.29, 1.82) is 0 Å². The van der Waals surface area contributed by atoms with Gasteiger partial charge in [0.25, 0.3) is 5.91 Å². The minimum Gasteiger partial charge on any atom is -0.481 e. The molecule has 1 saturated carbocycles. The second-order valence-electron chi connectivity index (χ2n) is 5.77. The summed E-state index contributed by atoms with van der Waals surface area (Å²) in [5.41, 5.74) is 1.66. The van der Waals surface area contributed by atoms with Crippen LogP contribution in [0, 0.1) is 5.92 Å². The molecule has 2 aliphatic rings. The van der Waals surface area contributed by atoms with Crippen molar-refractivity contribution in [2.45, 2.75) is 31.6 Å². The summed E-state index contributed by atoms with van der Waals surface area (Å²) >= 11 is 0. The Morgan fingerprint density at radius 1 is 1.35 bits per heavy atom. The van der Waals surface area contributed by atoms with Gasteiger partial charge in [-0.05, 0) is 25.7 Å². The average molecular weight is 277 g/mol. The number of carbonyl (C=O) groups is 2. The maximum absolute atomic E-state index is 12.6. The molecule has 20 heavy (non-hydrogen) atoms. The lowest BCUT2D eigenvalue weighted by atomic mass is 9.97. The Morgan fingerprint density at radius 2 is 2.10 bits per heavy atom. The maximum Gasteiger partial charge on any atom is 0.308 e. The molecule has 0 bridgehead atoms. The number of nitrogens with zero attached hydrogens (tertiary/aromatic N) is 3. The van der Waals surface area contributed by atoms with E-state index in [9.17, 15) is 9.59 Å². The highest BCUT2D eigenvalue weighted by Gasteiger charge is 2.35. The van der Waals surface area contributed by atoms with E-state index in [1.807, 2.05) is 7.05 Å². The number of hydrogen-bond donors (Lipinski definition) is 1. The monoisotopic (exact) mass is 277 g/mol. The topological polar surface area (TPSA) is 75.4 Å². The van der Waals surface area contributed by atoms with Crippen LogP contribution in [0.1, 0.15) is 47.7 Å². The highest BCUT2D eigenvalue weighted by molar-refractivity contribution is 5.95. The highest BCUT2D eigenvalue weighted by atomic mass is 16.4. The van der Waals surface area contributed by atoms with Crippen molar-refractivity contribution in [3.8, 4) is 0 Å². The number of aromatic nitrogens is 2. The fraction of sp³-hybridized carbons (Fsp3) is 0.643. The van der Waals surface area contributed by atoms with Crippen LogP contribution < -0.4 is 0 Å². The largest absolute Gasteiger partial charge is 0.481 e. The molecule has 108 valence electrons. The summed E-state index contributed by atoms with van der Waals surface area (Å²) in [6.45, 7) is 0.953. The number of rotatable bonds is 3. The van der Waals surface area contributed by atoms with Gasteiger partial charge in [-0.25, -0.2) is 0 Å². The summed E-state index contributed by atoms with van der Waals surface area (Å²) < 4.78 is 1.78. The number of piperidine rings is 1. The van der Waals surface area contributed by atoms with Gasteiger partial charge in [0.1, 0.15) is 0 Å². The van der Waals surface area contributed by atoms with E-state index in [2.05, 4.69) is 5.10 Å².